The van der Waals surface area contributed by atoms with E-state index in [1.54, 1.807) is 0 Å². The third-order valence-electron chi connectivity index (χ3n) is 7.79. The Bertz CT molecular complexity index is 419. The van der Waals surface area contributed by atoms with Crippen molar-refractivity contribution in [2.75, 3.05) is 6.61 Å². The molecule has 0 aromatic rings. The van der Waals surface area contributed by atoms with Crippen LogP contribution in [-0.4, -0.2) is 12.6 Å². The van der Waals surface area contributed by atoms with Gasteiger partial charge >= 0.3 is 5.97 Å². The van der Waals surface area contributed by atoms with Gasteiger partial charge in [-0.15, -0.1) is 0 Å². The van der Waals surface area contributed by atoms with E-state index in [-0.39, 0.29) is 11.9 Å². The lowest BCUT2D eigenvalue weighted by atomic mass is 9.94. The highest BCUT2D eigenvalue weighted by atomic mass is 16.5. The van der Waals surface area contributed by atoms with Crippen molar-refractivity contribution in [3.05, 3.63) is 0 Å². The minimum Gasteiger partial charge on any atom is -0.465 e. The molecule has 2 unspecified atom stereocenters. The van der Waals surface area contributed by atoms with Gasteiger partial charge in [0.15, 0.2) is 0 Å². The van der Waals surface area contributed by atoms with Crippen molar-refractivity contribution in [3.63, 3.8) is 0 Å². The standard InChI is InChI=1S/C33H66O2/c1-5-8-11-14-16-18-19-20-22-24-27-31(4)33(34)35-30-32(28-25-13-10-7-3)29-26-23-21-17-15-12-9-6-2/h31-32H,5-30H2,1-4H3. The van der Waals surface area contributed by atoms with Crippen LogP contribution in [0.4, 0.5) is 0 Å². The van der Waals surface area contributed by atoms with Crippen molar-refractivity contribution in [3.8, 4) is 0 Å². The van der Waals surface area contributed by atoms with Gasteiger partial charge in [0.05, 0.1) is 12.5 Å². The molecule has 2 nitrogen and oxygen atoms in total. The molecule has 0 aromatic heterocycles. The van der Waals surface area contributed by atoms with E-state index >= 15 is 0 Å². The molecule has 0 radical (unpaired) electrons. The summed E-state index contributed by atoms with van der Waals surface area (Å²) in [7, 11) is 0. The predicted molar refractivity (Wildman–Crippen MR) is 156 cm³/mol. The first-order valence-electron chi connectivity index (χ1n) is 16.3. The molecule has 0 aromatic carbocycles. The van der Waals surface area contributed by atoms with Crippen LogP contribution < -0.4 is 0 Å². The molecule has 0 N–H and O–H groups in total. The minimum absolute atomic E-state index is 0.0513. The lowest BCUT2D eigenvalue weighted by Crippen LogP contribution is -2.20. The van der Waals surface area contributed by atoms with Gasteiger partial charge in [0.25, 0.3) is 0 Å². The Hall–Kier alpha value is -0.530. The van der Waals surface area contributed by atoms with Crippen molar-refractivity contribution in [1.29, 1.82) is 0 Å². The zero-order valence-corrected chi connectivity index (χ0v) is 24.9. The van der Waals surface area contributed by atoms with Gasteiger partial charge in [-0.2, -0.15) is 0 Å². The summed E-state index contributed by atoms with van der Waals surface area (Å²) in [4.78, 5) is 12.6. The maximum atomic E-state index is 12.6. The van der Waals surface area contributed by atoms with Crippen molar-refractivity contribution in [2.45, 2.75) is 188 Å². The van der Waals surface area contributed by atoms with Crippen LogP contribution in [0.5, 0.6) is 0 Å². The molecule has 35 heavy (non-hydrogen) atoms. The summed E-state index contributed by atoms with van der Waals surface area (Å²) in [6.45, 7) is 9.57. The molecule has 0 rings (SSSR count). The molecule has 210 valence electrons. The van der Waals surface area contributed by atoms with Crippen LogP contribution in [0.15, 0.2) is 0 Å². The summed E-state index contributed by atoms with van der Waals surface area (Å²) in [5, 5.41) is 0. The second-order valence-electron chi connectivity index (χ2n) is 11.5. The lowest BCUT2D eigenvalue weighted by molar-refractivity contribution is -0.149. The molecular formula is C33H66O2. The number of hydrogen-bond donors (Lipinski definition) is 0. The van der Waals surface area contributed by atoms with Crippen molar-refractivity contribution >= 4 is 5.97 Å². The first-order valence-corrected chi connectivity index (χ1v) is 16.3. The Morgan fingerprint density at radius 1 is 0.486 bits per heavy atom. The maximum absolute atomic E-state index is 12.6. The molecule has 0 fully saturated rings. The van der Waals surface area contributed by atoms with Gasteiger partial charge in [-0.05, 0) is 25.2 Å². The first-order chi connectivity index (χ1) is 17.2. The van der Waals surface area contributed by atoms with Gasteiger partial charge in [0.2, 0.25) is 0 Å². The maximum Gasteiger partial charge on any atom is 0.308 e. The van der Waals surface area contributed by atoms with Crippen molar-refractivity contribution in [1.82, 2.24) is 0 Å². The predicted octanol–water partition coefficient (Wildman–Crippen LogP) is 11.6. The Morgan fingerprint density at radius 2 is 0.800 bits per heavy atom. The molecule has 0 heterocycles. The monoisotopic (exact) mass is 495 g/mol. The first kappa shape index (κ1) is 34.5. The van der Waals surface area contributed by atoms with E-state index < -0.39 is 0 Å². The Balaban J connectivity index is 3.97. The zero-order valence-electron chi connectivity index (χ0n) is 24.9. The van der Waals surface area contributed by atoms with Gasteiger partial charge in [-0.1, -0.05) is 169 Å². The van der Waals surface area contributed by atoms with Crippen LogP contribution in [0.3, 0.4) is 0 Å². The SMILES string of the molecule is CCCCCCCCCCCCC(C)C(=O)OCC(CCCCCC)CCCCCCCCCC. The molecule has 0 saturated carbocycles. The topological polar surface area (TPSA) is 26.3 Å². The molecule has 2 heteroatoms. The fourth-order valence-corrected chi connectivity index (χ4v) is 5.14. The molecule has 0 saturated heterocycles. The molecule has 0 aliphatic carbocycles. The van der Waals surface area contributed by atoms with E-state index in [1.165, 1.54) is 154 Å². The number of esters is 1. The fourth-order valence-electron chi connectivity index (χ4n) is 5.14. The third-order valence-corrected chi connectivity index (χ3v) is 7.79. The number of unbranched alkanes of at least 4 members (excludes halogenated alkanes) is 19. The summed E-state index contributed by atoms with van der Waals surface area (Å²) in [6.07, 6.45) is 33.1. The van der Waals surface area contributed by atoms with E-state index in [0.717, 1.165) is 6.42 Å². The molecule has 0 bridgehead atoms. The van der Waals surface area contributed by atoms with Crippen LogP contribution in [-0.2, 0) is 9.53 Å². The van der Waals surface area contributed by atoms with Crippen LogP contribution in [0.2, 0.25) is 0 Å². The summed E-state index contributed by atoms with van der Waals surface area (Å²) in [5.41, 5.74) is 0. The lowest BCUT2D eigenvalue weighted by Gasteiger charge is -2.19. The van der Waals surface area contributed by atoms with Crippen LogP contribution in [0.25, 0.3) is 0 Å². The molecule has 0 aliphatic heterocycles. The van der Waals surface area contributed by atoms with Crippen LogP contribution >= 0.6 is 0 Å². The normalized spacial score (nSPS) is 13.1. The van der Waals surface area contributed by atoms with Crippen LogP contribution in [0.1, 0.15) is 188 Å². The molecular weight excluding hydrogens is 428 g/mol. The number of hydrogen-bond acceptors (Lipinski definition) is 2. The summed E-state index contributed by atoms with van der Waals surface area (Å²) < 4.78 is 5.85. The Labute approximate surface area is 222 Å². The van der Waals surface area contributed by atoms with E-state index in [9.17, 15) is 4.79 Å². The Kier molecular flexibility index (Phi) is 27.6. The molecule has 0 aliphatic rings. The number of ether oxygens (including phenoxy) is 1. The largest absolute Gasteiger partial charge is 0.465 e. The average Bonchev–Trinajstić information content (AvgIpc) is 2.86. The second-order valence-corrected chi connectivity index (χ2v) is 11.5. The van der Waals surface area contributed by atoms with Gasteiger partial charge in [-0.25, -0.2) is 0 Å². The highest BCUT2D eigenvalue weighted by Crippen LogP contribution is 2.21. The molecule has 0 spiro atoms. The highest BCUT2D eigenvalue weighted by Gasteiger charge is 2.17. The van der Waals surface area contributed by atoms with Crippen molar-refractivity contribution in [2.24, 2.45) is 11.8 Å². The highest BCUT2D eigenvalue weighted by molar-refractivity contribution is 5.71. The smallest absolute Gasteiger partial charge is 0.308 e. The number of carbonyl (C=O) groups excluding carboxylic acids is 1. The van der Waals surface area contributed by atoms with E-state index in [4.69, 9.17) is 4.74 Å². The van der Waals surface area contributed by atoms with Gasteiger partial charge < -0.3 is 4.74 Å². The van der Waals surface area contributed by atoms with Gasteiger partial charge in [0, 0.05) is 0 Å². The number of rotatable bonds is 28. The average molecular weight is 495 g/mol. The second kappa shape index (κ2) is 28.0. The van der Waals surface area contributed by atoms with E-state index in [1.807, 2.05) is 0 Å². The fraction of sp³-hybridized carbons (Fsp3) is 0.970. The van der Waals surface area contributed by atoms with Crippen molar-refractivity contribution < 1.29 is 9.53 Å². The quantitative estimate of drug-likeness (QED) is 0.0798. The summed E-state index contributed by atoms with van der Waals surface area (Å²) in [6, 6.07) is 0. The zero-order chi connectivity index (χ0) is 25.8. The molecule has 0 amide bonds. The van der Waals surface area contributed by atoms with E-state index in [2.05, 4.69) is 27.7 Å². The Morgan fingerprint density at radius 3 is 1.20 bits per heavy atom. The third kappa shape index (κ3) is 24.9. The number of carbonyl (C=O) groups is 1. The molecule has 2 atom stereocenters. The van der Waals surface area contributed by atoms with Gasteiger partial charge in [-0.3, -0.25) is 4.79 Å². The van der Waals surface area contributed by atoms with E-state index in [0.29, 0.717) is 12.5 Å². The van der Waals surface area contributed by atoms with Crippen LogP contribution in [0, 0.1) is 11.8 Å². The minimum atomic E-state index is 0.0513. The summed E-state index contributed by atoms with van der Waals surface area (Å²) in [5.74, 6) is 0.684. The van der Waals surface area contributed by atoms with Gasteiger partial charge in [0.1, 0.15) is 0 Å². The summed E-state index contributed by atoms with van der Waals surface area (Å²) >= 11 is 0.